The minimum atomic E-state index is -0.0887. The van der Waals surface area contributed by atoms with Crippen LogP contribution in [-0.4, -0.2) is 17.9 Å². The molecule has 0 spiro atoms. The first kappa shape index (κ1) is 14.1. The van der Waals surface area contributed by atoms with Crippen LogP contribution >= 0.6 is 0 Å². The Balaban J connectivity index is 2.37. The van der Waals surface area contributed by atoms with E-state index in [2.05, 4.69) is 11.1 Å². The molecule has 2 aromatic rings. The maximum atomic E-state index is 12.5. The van der Waals surface area contributed by atoms with Crippen molar-refractivity contribution in [3.8, 4) is 0 Å². The summed E-state index contributed by atoms with van der Waals surface area (Å²) >= 11 is 0. The predicted molar refractivity (Wildman–Crippen MR) is 82.0 cm³/mol. The Kier molecular flexibility index (Phi) is 3.74. The van der Waals surface area contributed by atoms with Gasteiger partial charge in [-0.3, -0.25) is 4.79 Å². The van der Waals surface area contributed by atoms with Crippen LogP contribution in [0, 0.1) is 20.8 Å². The van der Waals surface area contributed by atoms with E-state index < -0.39 is 0 Å². The van der Waals surface area contributed by atoms with Crippen molar-refractivity contribution < 1.29 is 4.79 Å². The third-order valence-electron chi connectivity index (χ3n) is 3.24. The lowest BCUT2D eigenvalue weighted by molar-refractivity contribution is 0.0992. The number of nitrogens with two attached hydrogens (primary N) is 1. The first-order chi connectivity index (χ1) is 9.38. The Morgan fingerprint density at radius 1 is 1.15 bits per heavy atom. The maximum absolute atomic E-state index is 12.5. The molecule has 4 nitrogen and oxygen atoms in total. The van der Waals surface area contributed by atoms with E-state index in [9.17, 15) is 4.79 Å². The summed E-state index contributed by atoms with van der Waals surface area (Å²) < 4.78 is 0. The molecule has 104 valence electrons. The molecular formula is C16H19N3O. The highest BCUT2D eigenvalue weighted by molar-refractivity contribution is 6.06. The summed E-state index contributed by atoms with van der Waals surface area (Å²) in [6, 6.07) is 9.37. The molecule has 1 amide bonds. The van der Waals surface area contributed by atoms with Crippen molar-refractivity contribution in [3.63, 3.8) is 0 Å². The highest BCUT2D eigenvalue weighted by atomic mass is 16.2. The Bertz CT molecular complexity index is 645. The highest BCUT2D eigenvalue weighted by Gasteiger charge is 2.16. The lowest BCUT2D eigenvalue weighted by Crippen LogP contribution is -2.27. The van der Waals surface area contributed by atoms with E-state index in [4.69, 9.17) is 5.73 Å². The van der Waals surface area contributed by atoms with Gasteiger partial charge in [0.05, 0.1) is 0 Å². The van der Waals surface area contributed by atoms with Crippen LogP contribution in [0.1, 0.15) is 27.2 Å². The van der Waals surface area contributed by atoms with Crippen molar-refractivity contribution in [3.05, 3.63) is 52.7 Å². The second kappa shape index (κ2) is 5.33. The van der Waals surface area contributed by atoms with Gasteiger partial charge in [0.15, 0.2) is 0 Å². The highest BCUT2D eigenvalue weighted by Crippen LogP contribution is 2.22. The van der Waals surface area contributed by atoms with E-state index in [1.165, 1.54) is 5.56 Å². The minimum Gasteiger partial charge on any atom is -0.384 e. The van der Waals surface area contributed by atoms with E-state index >= 15 is 0 Å². The van der Waals surface area contributed by atoms with Gasteiger partial charge in [0.1, 0.15) is 5.82 Å². The van der Waals surface area contributed by atoms with E-state index in [1.54, 1.807) is 24.1 Å². The topological polar surface area (TPSA) is 59.2 Å². The van der Waals surface area contributed by atoms with Crippen LogP contribution in [0.15, 0.2) is 30.3 Å². The summed E-state index contributed by atoms with van der Waals surface area (Å²) in [6.45, 7) is 5.86. The van der Waals surface area contributed by atoms with Gasteiger partial charge in [-0.25, -0.2) is 4.98 Å². The number of carbonyl (C=O) groups excluding carboxylic acids is 1. The Hall–Kier alpha value is -2.36. The molecule has 1 aromatic heterocycles. The zero-order chi connectivity index (χ0) is 14.9. The number of rotatable bonds is 2. The molecule has 0 radical (unpaired) electrons. The van der Waals surface area contributed by atoms with Gasteiger partial charge in [-0.05, 0) is 44.5 Å². The van der Waals surface area contributed by atoms with Crippen molar-refractivity contribution in [1.82, 2.24) is 4.98 Å². The monoisotopic (exact) mass is 269 g/mol. The Morgan fingerprint density at radius 2 is 1.85 bits per heavy atom. The van der Waals surface area contributed by atoms with Crippen molar-refractivity contribution in [2.45, 2.75) is 20.8 Å². The number of hydrogen-bond acceptors (Lipinski definition) is 3. The van der Waals surface area contributed by atoms with Crippen LogP contribution < -0.4 is 10.6 Å². The molecule has 0 atom stereocenters. The zero-order valence-electron chi connectivity index (χ0n) is 12.3. The normalized spacial score (nSPS) is 10.4. The van der Waals surface area contributed by atoms with E-state index in [0.29, 0.717) is 11.4 Å². The molecule has 1 heterocycles. The largest absolute Gasteiger partial charge is 0.384 e. The molecule has 1 aromatic carbocycles. The van der Waals surface area contributed by atoms with Gasteiger partial charge < -0.3 is 10.6 Å². The van der Waals surface area contributed by atoms with Gasteiger partial charge in [-0.1, -0.05) is 17.7 Å². The lowest BCUT2D eigenvalue weighted by Gasteiger charge is -2.20. The molecule has 0 fully saturated rings. The number of benzene rings is 1. The standard InChI is InChI=1S/C16H19N3O/c1-10-5-6-14(11(2)7-10)19(4)16(20)13-8-12(3)18-15(17)9-13/h5-9H,1-4H3,(H2,17,18). The number of nitrogen functional groups attached to an aromatic ring is 1. The second-order valence-electron chi connectivity index (χ2n) is 5.08. The van der Waals surface area contributed by atoms with Gasteiger partial charge >= 0.3 is 0 Å². The SMILES string of the molecule is Cc1ccc(N(C)C(=O)c2cc(C)nc(N)c2)c(C)c1. The van der Waals surface area contributed by atoms with Gasteiger partial charge in [0.2, 0.25) is 0 Å². The minimum absolute atomic E-state index is 0.0887. The van der Waals surface area contributed by atoms with Crippen molar-refractivity contribution in [1.29, 1.82) is 0 Å². The average Bonchev–Trinajstić information content (AvgIpc) is 2.36. The fourth-order valence-corrected chi connectivity index (χ4v) is 2.30. The first-order valence-corrected chi connectivity index (χ1v) is 6.48. The van der Waals surface area contributed by atoms with Crippen LogP contribution in [0.5, 0.6) is 0 Å². The molecule has 4 heteroatoms. The predicted octanol–water partition coefficient (Wildman–Crippen LogP) is 2.87. The zero-order valence-corrected chi connectivity index (χ0v) is 12.3. The maximum Gasteiger partial charge on any atom is 0.258 e. The summed E-state index contributed by atoms with van der Waals surface area (Å²) in [5.41, 5.74) is 10.1. The number of nitrogens with zero attached hydrogens (tertiary/aromatic N) is 2. The Labute approximate surface area is 119 Å². The molecule has 20 heavy (non-hydrogen) atoms. The number of anilines is 2. The summed E-state index contributed by atoms with van der Waals surface area (Å²) in [5, 5.41) is 0. The summed E-state index contributed by atoms with van der Waals surface area (Å²) in [4.78, 5) is 18.3. The molecule has 0 aliphatic carbocycles. The quantitative estimate of drug-likeness (QED) is 0.912. The molecule has 0 saturated carbocycles. The number of pyridine rings is 1. The average molecular weight is 269 g/mol. The van der Waals surface area contributed by atoms with Crippen LogP contribution in [-0.2, 0) is 0 Å². The smallest absolute Gasteiger partial charge is 0.258 e. The molecule has 0 aliphatic rings. The Morgan fingerprint density at radius 3 is 2.45 bits per heavy atom. The molecule has 0 unspecified atom stereocenters. The van der Waals surface area contributed by atoms with Crippen LogP contribution in [0.4, 0.5) is 11.5 Å². The molecular weight excluding hydrogens is 250 g/mol. The van der Waals surface area contributed by atoms with Crippen LogP contribution in [0.3, 0.4) is 0 Å². The van der Waals surface area contributed by atoms with Crippen LogP contribution in [0.2, 0.25) is 0 Å². The number of carbonyl (C=O) groups is 1. The fraction of sp³-hybridized carbons (Fsp3) is 0.250. The number of hydrogen-bond donors (Lipinski definition) is 1. The third-order valence-corrected chi connectivity index (χ3v) is 3.24. The lowest BCUT2D eigenvalue weighted by atomic mass is 10.1. The molecule has 0 saturated heterocycles. The van der Waals surface area contributed by atoms with Gasteiger partial charge in [0, 0.05) is 24.0 Å². The summed E-state index contributed by atoms with van der Waals surface area (Å²) in [5.74, 6) is 0.275. The first-order valence-electron chi connectivity index (χ1n) is 6.48. The third kappa shape index (κ3) is 2.79. The summed E-state index contributed by atoms with van der Waals surface area (Å²) in [7, 11) is 1.77. The van der Waals surface area contributed by atoms with Crippen molar-refractivity contribution in [2.75, 3.05) is 17.7 Å². The van der Waals surface area contributed by atoms with E-state index in [0.717, 1.165) is 16.9 Å². The molecule has 2 N–H and O–H groups in total. The van der Waals surface area contributed by atoms with Crippen molar-refractivity contribution in [2.24, 2.45) is 0 Å². The van der Waals surface area contributed by atoms with Gasteiger partial charge in [0.25, 0.3) is 5.91 Å². The molecule has 0 bridgehead atoms. The van der Waals surface area contributed by atoms with E-state index in [-0.39, 0.29) is 5.91 Å². The number of aromatic nitrogens is 1. The number of aryl methyl sites for hydroxylation is 3. The summed E-state index contributed by atoms with van der Waals surface area (Å²) in [6.07, 6.45) is 0. The van der Waals surface area contributed by atoms with E-state index in [1.807, 2.05) is 32.9 Å². The molecule has 0 aliphatic heterocycles. The molecule has 2 rings (SSSR count). The van der Waals surface area contributed by atoms with Crippen LogP contribution in [0.25, 0.3) is 0 Å². The van der Waals surface area contributed by atoms with Gasteiger partial charge in [-0.15, -0.1) is 0 Å². The van der Waals surface area contributed by atoms with Crippen molar-refractivity contribution >= 4 is 17.4 Å². The second-order valence-corrected chi connectivity index (χ2v) is 5.08. The van der Waals surface area contributed by atoms with Gasteiger partial charge in [-0.2, -0.15) is 0 Å². The number of amides is 1. The fourth-order valence-electron chi connectivity index (χ4n) is 2.30.